The van der Waals surface area contributed by atoms with Crippen molar-refractivity contribution in [3.05, 3.63) is 53.6 Å². The SMILES string of the molecule is COc1ccccc1NC1CCCCC1NS(=O)(=O)c1ccc(Cl)cc1. The molecule has 3 rings (SSSR count). The van der Waals surface area contributed by atoms with Gasteiger partial charge in [0, 0.05) is 17.1 Å². The molecule has 1 aliphatic carbocycles. The third-order valence-electron chi connectivity index (χ3n) is 4.64. The average molecular weight is 395 g/mol. The predicted molar refractivity (Wildman–Crippen MR) is 104 cm³/mol. The summed E-state index contributed by atoms with van der Waals surface area (Å²) in [5, 5.41) is 3.97. The first-order valence-corrected chi connectivity index (χ1v) is 10.5. The third-order valence-corrected chi connectivity index (χ3v) is 6.40. The molecule has 1 aliphatic rings. The fourth-order valence-corrected chi connectivity index (χ4v) is 4.73. The van der Waals surface area contributed by atoms with Gasteiger partial charge in [-0.3, -0.25) is 0 Å². The van der Waals surface area contributed by atoms with Crippen molar-refractivity contribution in [3.8, 4) is 5.75 Å². The minimum Gasteiger partial charge on any atom is -0.495 e. The fraction of sp³-hybridized carbons (Fsp3) is 0.368. The number of sulfonamides is 1. The Labute approximate surface area is 159 Å². The van der Waals surface area contributed by atoms with Gasteiger partial charge in [-0.15, -0.1) is 0 Å². The van der Waals surface area contributed by atoms with E-state index < -0.39 is 10.0 Å². The van der Waals surface area contributed by atoms with Crippen molar-refractivity contribution in [2.45, 2.75) is 42.7 Å². The van der Waals surface area contributed by atoms with Crippen LogP contribution in [0.3, 0.4) is 0 Å². The van der Waals surface area contributed by atoms with Crippen molar-refractivity contribution >= 4 is 27.3 Å². The topological polar surface area (TPSA) is 67.4 Å². The Morgan fingerprint density at radius 3 is 2.35 bits per heavy atom. The Hall–Kier alpha value is -1.76. The number of methoxy groups -OCH3 is 1. The zero-order valence-electron chi connectivity index (χ0n) is 14.6. The van der Waals surface area contributed by atoms with E-state index in [2.05, 4.69) is 10.0 Å². The van der Waals surface area contributed by atoms with Crippen LogP contribution >= 0.6 is 11.6 Å². The van der Waals surface area contributed by atoms with Gasteiger partial charge in [-0.05, 0) is 49.2 Å². The van der Waals surface area contributed by atoms with E-state index >= 15 is 0 Å². The maximum absolute atomic E-state index is 12.7. The van der Waals surface area contributed by atoms with E-state index in [1.807, 2.05) is 24.3 Å². The van der Waals surface area contributed by atoms with Gasteiger partial charge in [-0.2, -0.15) is 0 Å². The first-order chi connectivity index (χ1) is 12.5. The molecule has 2 atom stereocenters. The summed E-state index contributed by atoms with van der Waals surface area (Å²) in [5.74, 6) is 0.748. The highest BCUT2D eigenvalue weighted by Crippen LogP contribution is 2.29. The van der Waals surface area contributed by atoms with Gasteiger partial charge in [-0.25, -0.2) is 13.1 Å². The van der Waals surface area contributed by atoms with Gasteiger partial charge in [-0.1, -0.05) is 36.6 Å². The molecule has 5 nitrogen and oxygen atoms in total. The fourth-order valence-electron chi connectivity index (χ4n) is 3.29. The Morgan fingerprint density at radius 1 is 1.00 bits per heavy atom. The van der Waals surface area contributed by atoms with E-state index in [9.17, 15) is 8.42 Å². The Morgan fingerprint density at radius 2 is 1.65 bits per heavy atom. The number of benzene rings is 2. The summed E-state index contributed by atoms with van der Waals surface area (Å²) in [6, 6.07) is 13.7. The number of rotatable bonds is 6. The van der Waals surface area contributed by atoms with Gasteiger partial charge in [0.2, 0.25) is 10.0 Å². The number of para-hydroxylation sites is 2. The van der Waals surface area contributed by atoms with Gasteiger partial charge in [0.25, 0.3) is 0 Å². The van der Waals surface area contributed by atoms with Crippen LogP contribution in [0.2, 0.25) is 5.02 Å². The first kappa shape index (κ1) is 19.0. The zero-order chi connectivity index (χ0) is 18.6. The quantitative estimate of drug-likeness (QED) is 0.775. The molecular weight excluding hydrogens is 372 g/mol. The number of hydrogen-bond donors (Lipinski definition) is 2. The van der Waals surface area contributed by atoms with Crippen LogP contribution in [0.25, 0.3) is 0 Å². The molecule has 2 unspecified atom stereocenters. The normalized spacial score (nSPS) is 20.5. The minimum atomic E-state index is -3.60. The van der Waals surface area contributed by atoms with Crippen LogP contribution in [0.5, 0.6) is 5.75 Å². The molecule has 0 radical (unpaired) electrons. The number of nitrogens with one attached hydrogen (secondary N) is 2. The molecule has 2 N–H and O–H groups in total. The molecule has 26 heavy (non-hydrogen) atoms. The van der Waals surface area contributed by atoms with E-state index in [1.54, 1.807) is 19.2 Å². The Balaban J connectivity index is 1.77. The highest BCUT2D eigenvalue weighted by molar-refractivity contribution is 7.89. The smallest absolute Gasteiger partial charge is 0.240 e. The van der Waals surface area contributed by atoms with Crippen LogP contribution in [-0.4, -0.2) is 27.6 Å². The summed E-state index contributed by atoms with van der Waals surface area (Å²) in [4.78, 5) is 0.225. The Bertz CT molecular complexity index is 840. The maximum Gasteiger partial charge on any atom is 0.240 e. The summed E-state index contributed by atoms with van der Waals surface area (Å²) in [6.07, 6.45) is 3.75. The molecule has 0 spiro atoms. The predicted octanol–water partition coefficient (Wildman–Crippen LogP) is 4.05. The van der Waals surface area contributed by atoms with Crippen molar-refractivity contribution in [1.82, 2.24) is 4.72 Å². The second-order valence-electron chi connectivity index (χ2n) is 6.42. The van der Waals surface area contributed by atoms with E-state index in [0.29, 0.717) is 5.02 Å². The lowest BCUT2D eigenvalue weighted by molar-refractivity contribution is 0.375. The van der Waals surface area contributed by atoms with Crippen LogP contribution in [0.4, 0.5) is 5.69 Å². The molecule has 140 valence electrons. The second kappa shape index (κ2) is 8.29. The van der Waals surface area contributed by atoms with Gasteiger partial charge in [0.1, 0.15) is 5.75 Å². The molecule has 1 saturated carbocycles. The summed E-state index contributed by atoms with van der Waals surface area (Å²) in [5.41, 5.74) is 0.873. The summed E-state index contributed by atoms with van der Waals surface area (Å²) < 4.78 is 33.7. The number of ether oxygens (including phenoxy) is 1. The lowest BCUT2D eigenvalue weighted by Gasteiger charge is -2.33. The molecule has 2 aromatic carbocycles. The standard InChI is InChI=1S/C19H23ClN2O3S/c1-25-19-9-5-4-8-18(19)21-16-6-2-3-7-17(16)22-26(23,24)15-12-10-14(20)11-13-15/h4-5,8-13,16-17,21-22H,2-3,6-7H2,1H3. The molecule has 1 fully saturated rings. The van der Waals surface area contributed by atoms with Crippen molar-refractivity contribution in [1.29, 1.82) is 0 Å². The molecule has 0 bridgehead atoms. The van der Waals surface area contributed by atoms with Crippen molar-refractivity contribution in [2.75, 3.05) is 12.4 Å². The van der Waals surface area contributed by atoms with Gasteiger partial charge in [0.15, 0.2) is 0 Å². The summed E-state index contributed by atoms with van der Waals surface area (Å²) in [7, 11) is -1.97. The van der Waals surface area contributed by atoms with Crippen molar-refractivity contribution < 1.29 is 13.2 Å². The average Bonchev–Trinajstić information content (AvgIpc) is 2.64. The van der Waals surface area contributed by atoms with Crippen molar-refractivity contribution in [2.24, 2.45) is 0 Å². The van der Waals surface area contributed by atoms with Crippen LogP contribution in [0.15, 0.2) is 53.4 Å². The highest BCUT2D eigenvalue weighted by atomic mass is 35.5. The van der Waals surface area contributed by atoms with Crippen molar-refractivity contribution in [3.63, 3.8) is 0 Å². The largest absolute Gasteiger partial charge is 0.495 e. The van der Waals surface area contributed by atoms with Gasteiger partial charge < -0.3 is 10.1 Å². The van der Waals surface area contributed by atoms with E-state index in [1.165, 1.54) is 12.1 Å². The van der Waals surface area contributed by atoms with Crippen LogP contribution in [-0.2, 0) is 10.0 Å². The van der Waals surface area contributed by atoms with Gasteiger partial charge >= 0.3 is 0 Å². The van der Waals surface area contributed by atoms with Gasteiger partial charge in [0.05, 0.1) is 17.7 Å². The lowest BCUT2D eigenvalue weighted by atomic mass is 9.91. The first-order valence-electron chi connectivity index (χ1n) is 8.67. The van der Waals surface area contributed by atoms with E-state index in [-0.39, 0.29) is 17.0 Å². The molecular formula is C19H23ClN2O3S. The monoisotopic (exact) mass is 394 g/mol. The molecule has 7 heteroatoms. The molecule has 2 aromatic rings. The number of anilines is 1. The summed E-state index contributed by atoms with van der Waals surface area (Å²) >= 11 is 5.86. The minimum absolute atomic E-state index is 0.00197. The molecule has 0 aromatic heterocycles. The summed E-state index contributed by atoms with van der Waals surface area (Å²) in [6.45, 7) is 0. The third kappa shape index (κ3) is 4.50. The van der Waals surface area contributed by atoms with Crippen LogP contribution in [0.1, 0.15) is 25.7 Å². The van der Waals surface area contributed by atoms with Crippen LogP contribution in [0, 0.1) is 0 Å². The molecule has 0 amide bonds. The highest BCUT2D eigenvalue weighted by Gasteiger charge is 2.30. The molecule has 0 aliphatic heterocycles. The van der Waals surface area contributed by atoms with E-state index in [4.69, 9.17) is 16.3 Å². The van der Waals surface area contributed by atoms with Crippen LogP contribution < -0.4 is 14.8 Å². The zero-order valence-corrected chi connectivity index (χ0v) is 16.2. The maximum atomic E-state index is 12.7. The Kier molecular flexibility index (Phi) is 6.06. The number of halogens is 1. The lowest BCUT2D eigenvalue weighted by Crippen LogP contribution is -2.48. The van der Waals surface area contributed by atoms with E-state index in [0.717, 1.165) is 37.1 Å². The molecule has 0 heterocycles. The second-order valence-corrected chi connectivity index (χ2v) is 8.57. The number of hydrogen-bond acceptors (Lipinski definition) is 4. The molecule has 0 saturated heterocycles.